The lowest BCUT2D eigenvalue weighted by molar-refractivity contribution is -0.118. The molecule has 0 aliphatic heterocycles. The van der Waals surface area contributed by atoms with Gasteiger partial charge in [-0.3, -0.25) is 4.79 Å². The normalized spacial score (nSPS) is 11.6. The second-order valence-electron chi connectivity index (χ2n) is 5.38. The fourth-order valence-corrected chi connectivity index (χ4v) is 1.94. The molecule has 0 fully saturated rings. The number of rotatable bonds is 5. The zero-order valence-electron chi connectivity index (χ0n) is 11.0. The molecule has 0 aliphatic rings. The second-order valence-corrected chi connectivity index (χ2v) is 6.23. The smallest absolute Gasteiger partial charge is 0.138 e. The molecule has 1 N–H and O–H groups in total. The number of hydrogen-bond acceptors (Lipinski definition) is 2. The molecule has 1 rings (SSSR count). The van der Waals surface area contributed by atoms with E-state index in [4.69, 9.17) is 0 Å². The van der Waals surface area contributed by atoms with Crippen LogP contribution in [0.3, 0.4) is 0 Å². The lowest BCUT2D eigenvalue weighted by Gasteiger charge is -2.20. The Balaban J connectivity index is 2.47. The quantitative estimate of drug-likeness (QED) is 0.901. The predicted molar refractivity (Wildman–Crippen MR) is 75.2 cm³/mol. The van der Waals surface area contributed by atoms with Crippen molar-refractivity contribution in [2.24, 2.45) is 0 Å². The van der Waals surface area contributed by atoms with Gasteiger partial charge in [-0.1, -0.05) is 15.9 Å². The standard InChI is InChI=1S/C14H19BrFNO/c1-14(2,3)17-7-6-12(18)9-10-8-11(16)4-5-13(10)15/h4-5,8,17H,6-7,9H2,1-3H3. The first kappa shape index (κ1) is 15.3. The Kier molecular flexibility index (Phi) is 5.47. The predicted octanol–water partition coefficient (Wildman–Crippen LogP) is 3.48. The average molecular weight is 316 g/mol. The third-order valence-electron chi connectivity index (χ3n) is 2.45. The Labute approximate surface area is 116 Å². The number of carbonyl (C=O) groups excluding carboxylic acids is 1. The highest BCUT2D eigenvalue weighted by Gasteiger charge is 2.11. The molecule has 2 nitrogen and oxygen atoms in total. The van der Waals surface area contributed by atoms with Gasteiger partial charge in [0, 0.05) is 29.4 Å². The number of carbonyl (C=O) groups is 1. The van der Waals surface area contributed by atoms with Gasteiger partial charge in [0.25, 0.3) is 0 Å². The van der Waals surface area contributed by atoms with Crippen molar-refractivity contribution in [1.82, 2.24) is 5.32 Å². The van der Waals surface area contributed by atoms with Crippen LogP contribution in [0.15, 0.2) is 22.7 Å². The third kappa shape index (κ3) is 5.74. The first-order valence-corrected chi connectivity index (χ1v) is 6.78. The molecule has 0 heterocycles. The van der Waals surface area contributed by atoms with Crippen LogP contribution >= 0.6 is 15.9 Å². The molecule has 0 radical (unpaired) electrons. The summed E-state index contributed by atoms with van der Waals surface area (Å²) in [7, 11) is 0. The van der Waals surface area contributed by atoms with Gasteiger partial charge in [0.05, 0.1) is 0 Å². The van der Waals surface area contributed by atoms with E-state index in [0.29, 0.717) is 18.5 Å². The SMILES string of the molecule is CC(C)(C)NCCC(=O)Cc1cc(F)ccc1Br. The van der Waals surface area contributed by atoms with Crippen molar-refractivity contribution in [2.75, 3.05) is 6.54 Å². The lowest BCUT2D eigenvalue weighted by Crippen LogP contribution is -2.37. The van der Waals surface area contributed by atoms with Crippen LogP contribution in [0.5, 0.6) is 0 Å². The highest BCUT2D eigenvalue weighted by atomic mass is 79.9. The molecular formula is C14H19BrFNO. The van der Waals surface area contributed by atoms with E-state index < -0.39 is 0 Å². The van der Waals surface area contributed by atoms with E-state index in [9.17, 15) is 9.18 Å². The summed E-state index contributed by atoms with van der Waals surface area (Å²) in [5.74, 6) is -0.202. The third-order valence-corrected chi connectivity index (χ3v) is 3.23. The second kappa shape index (κ2) is 6.43. The van der Waals surface area contributed by atoms with Crippen molar-refractivity contribution in [3.63, 3.8) is 0 Å². The Morgan fingerprint density at radius 3 is 2.67 bits per heavy atom. The first-order valence-electron chi connectivity index (χ1n) is 5.98. The molecule has 4 heteroatoms. The number of halogens is 2. The van der Waals surface area contributed by atoms with E-state index in [-0.39, 0.29) is 23.6 Å². The summed E-state index contributed by atoms with van der Waals surface area (Å²) in [5, 5.41) is 3.26. The minimum Gasteiger partial charge on any atom is -0.312 e. The van der Waals surface area contributed by atoms with E-state index in [1.807, 2.05) is 0 Å². The van der Waals surface area contributed by atoms with Gasteiger partial charge in [0.1, 0.15) is 11.6 Å². The van der Waals surface area contributed by atoms with Crippen molar-refractivity contribution in [3.05, 3.63) is 34.1 Å². The number of nitrogens with one attached hydrogen (secondary N) is 1. The van der Waals surface area contributed by atoms with Crippen molar-refractivity contribution in [2.45, 2.75) is 39.2 Å². The summed E-state index contributed by atoms with van der Waals surface area (Å²) in [6.45, 7) is 6.82. The average Bonchev–Trinajstić information content (AvgIpc) is 2.21. The molecular weight excluding hydrogens is 297 g/mol. The fraction of sp³-hybridized carbons (Fsp3) is 0.500. The molecule has 0 bridgehead atoms. The minimum absolute atomic E-state index is 0.0136. The van der Waals surface area contributed by atoms with E-state index in [1.54, 1.807) is 6.07 Å². The Bertz CT molecular complexity index is 426. The summed E-state index contributed by atoms with van der Waals surface area (Å²) in [6, 6.07) is 4.41. The molecule has 1 aromatic carbocycles. The maximum atomic E-state index is 13.1. The zero-order valence-corrected chi connectivity index (χ0v) is 12.6. The minimum atomic E-state index is -0.311. The molecule has 0 saturated carbocycles. The maximum absolute atomic E-state index is 13.1. The Morgan fingerprint density at radius 2 is 2.06 bits per heavy atom. The molecule has 1 aromatic rings. The molecule has 0 atom stereocenters. The monoisotopic (exact) mass is 315 g/mol. The summed E-state index contributed by atoms with van der Waals surface area (Å²) in [6.07, 6.45) is 0.727. The fourth-order valence-electron chi connectivity index (χ4n) is 1.56. The molecule has 0 unspecified atom stereocenters. The number of ketones is 1. The molecule has 0 aliphatic carbocycles. The van der Waals surface area contributed by atoms with Gasteiger partial charge < -0.3 is 5.32 Å². The van der Waals surface area contributed by atoms with Crippen LogP contribution in [0, 0.1) is 5.82 Å². The van der Waals surface area contributed by atoms with E-state index >= 15 is 0 Å². The van der Waals surface area contributed by atoms with Crippen LogP contribution in [0.4, 0.5) is 4.39 Å². The van der Waals surface area contributed by atoms with Crippen LogP contribution in [0.2, 0.25) is 0 Å². The topological polar surface area (TPSA) is 29.1 Å². The van der Waals surface area contributed by atoms with Crippen molar-refractivity contribution >= 4 is 21.7 Å². The highest BCUT2D eigenvalue weighted by Crippen LogP contribution is 2.18. The van der Waals surface area contributed by atoms with Crippen LogP contribution in [0.25, 0.3) is 0 Å². The summed E-state index contributed by atoms with van der Waals surface area (Å²) in [5.41, 5.74) is 0.718. The number of benzene rings is 1. The lowest BCUT2D eigenvalue weighted by atomic mass is 10.1. The summed E-state index contributed by atoms with van der Waals surface area (Å²) < 4.78 is 13.8. The molecule has 18 heavy (non-hydrogen) atoms. The first-order chi connectivity index (χ1) is 8.28. The largest absolute Gasteiger partial charge is 0.312 e. The Morgan fingerprint density at radius 1 is 1.39 bits per heavy atom. The van der Waals surface area contributed by atoms with Crippen LogP contribution in [0.1, 0.15) is 32.8 Å². The van der Waals surface area contributed by atoms with Crippen LogP contribution in [-0.2, 0) is 11.2 Å². The summed E-state index contributed by atoms with van der Waals surface area (Å²) in [4.78, 5) is 11.8. The van der Waals surface area contributed by atoms with Crippen LogP contribution < -0.4 is 5.32 Å². The van der Waals surface area contributed by atoms with Crippen molar-refractivity contribution in [1.29, 1.82) is 0 Å². The van der Waals surface area contributed by atoms with E-state index in [0.717, 1.165) is 4.47 Å². The molecule has 100 valence electrons. The molecule has 0 saturated heterocycles. The van der Waals surface area contributed by atoms with Gasteiger partial charge in [0.15, 0.2) is 0 Å². The van der Waals surface area contributed by atoms with E-state index in [1.165, 1.54) is 12.1 Å². The molecule has 0 amide bonds. The van der Waals surface area contributed by atoms with E-state index in [2.05, 4.69) is 42.0 Å². The van der Waals surface area contributed by atoms with Gasteiger partial charge >= 0.3 is 0 Å². The van der Waals surface area contributed by atoms with Gasteiger partial charge in [0.2, 0.25) is 0 Å². The molecule has 0 aromatic heterocycles. The Hall–Kier alpha value is -0.740. The van der Waals surface area contributed by atoms with Crippen molar-refractivity contribution < 1.29 is 9.18 Å². The maximum Gasteiger partial charge on any atom is 0.138 e. The zero-order chi connectivity index (χ0) is 13.8. The van der Waals surface area contributed by atoms with Crippen LogP contribution in [-0.4, -0.2) is 17.9 Å². The highest BCUT2D eigenvalue weighted by molar-refractivity contribution is 9.10. The summed E-state index contributed by atoms with van der Waals surface area (Å²) >= 11 is 3.32. The van der Waals surface area contributed by atoms with Gasteiger partial charge in [-0.15, -0.1) is 0 Å². The van der Waals surface area contributed by atoms with Gasteiger partial charge in [-0.05, 0) is 44.5 Å². The van der Waals surface area contributed by atoms with Gasteiger partial charge in [-0.25, -0.2) is 4.39 Å². The number of hydrogen-bond donors (Lipinski definition) is 1. The van der Waals surface area contributed by atoms with Gasteiger partial charge in [-0.2, -0.15) is 0 Å². The molecule has 0 spiro atoms. The van der Waals surface area contributed by atoms with Crippen molar-refractivity contribution in [3.8, 4) is 0 Å². The number of Topliss-reactive ketones (excluding diaryl/α,β-unsaturated/α-hetero) is 1.